The Morgan fingerprint density at radius 1 is 1.24 bits per heavy atom. The van der Waals surface area contributed by atoms with Crippen molar-refractivity contribution < 1.29 is 4.74 Å². The highest BCUT2D eigenvalue weighted by molar-refractivity contribution is 4.98. The lowest BCUT2D eigenvalue weighted by atomic mass is 9.78. The third-order valence-electron chi connectivity index (χ3n) is 4.80. The van der Waals surface area contributed by atoms with Crippen molar-refractivity contribution in [3.63, 3.8) is 0 Å². The van der Waals surface area contributed by atoms with Crippen LogP contribution in [-0.4, -0.2) is 42.8 Å². The zero-order valence-electron chi connectivity index (χ0n) is 11.7. The van der Waals surface area contributed by atoms with Gasteiger partial charge in [0.15, 0.2) is 0 Å². The van der Waals surface area contributed by atoms with E-state index in [1.54, 1.807) is 0 Å². The molecule has 0 amide bonds. The first kappa shape index (κ1) is 13.3. The van der Waals surface area contributed by atoms with E-state index in [1.165, 1.54) is 25.9 Å². The lowest BCUT2D eigenvalue weighted by Crippen LogP contribution is -2.60. The number of nitrogens with two attached hydrogens (primary N) is 1. The SMILES string of the molecule is CC1CC(CN)(N2CCC(C)(C)CC2)CCO1. The van der Waals surface area contributed by atoms with Crippen LogP contribution in [0, 0.1) is 5.41 Å². The van der Waals surface area contributed by atoms with Gasteiger partial charge in [0.1, 0.15) is 0 Å². The number of rotatable bonds is 2. The molecule has 0 bridgehead atoms. The first-order chi connectivity index (χ1) is 7.97. The van der Waals surface area contributed by atoms with Crippen LogP contribution in [0.4, 0.5) is 0 Å². The zero-order valence-corrected chi connectivity index (χ0v) is 11.7. The minimum atomic E-state index is 0.216. The first-order valence-electron chi connectivity index (χ1n) is 7.04. The highest BCUT2D eigenvalue weighted by atomic mass is 16.5. The molecule has 2 unspecified atom stereocenters. The second kappa shape index (κ2) is 4.87. The van der Waals surface area contributed by atoms with E-state index in [1.807, 2.05) is 0 Å². The summed E-state index contributed by atoms with van der Waals surface area (Å²) in [6.07, 6.45) is 5.16. The van der Waals surface area contributed by atoms with Crippen molar-refractivity contribution in [1.82, 2.24) is 4.90 Å². The highest BCUT2D eigenvalue weighted by Gasteiger charge is 2.41. The molecule has 100 valence electrons. The fourth-order valence-electron chi connectivity index (χ4n) is 3.33. The number of nitrogens with zero attached hydrogens (tertiary/aromatic N) is 1. The molecule has 2 aliphatic rings. The van der Waals surface area contributed by atoms with E-state index < -0.39 is 0 Å². The summed E-state index contributed by atoms with van der Waals surface area (Å²) in [5, 5.41) is 0. The molecule has 2 fully saturated rings. The molecule has 2 atom stereocenters. The molecule has 2 N–H and O–H groups in total. The minimum absolute atomic E-state index is 0.216. The molecule has 0 spiro atoms. The summed E-state index contributed by atoms with van der Waals surface area (Å²) in [5.74, 6) is 0. The van der Waals surface area contributed by atoms with E-state index in [0.717, 1.165) is 26.0 Å². The lowest BCUT2D eigenvalue weighted by Gasteiger charge is -2.51. The molecule has 17 heavy (non-hydrogen) atoms. The Balaban J connectivity index is 2.03. The van der Waals surface area contributed by atoms with Gasteiger partial charge in [0.25, 0.3) is 0 Å². The summed E-state index contributed by atoms with van der Waals surface area (Å²) < 4.78 is 5.68. The third kappa shape index (κ3) is 2.83. The summed E-state index contributed by atoms with van der Waals surface area (Å²) in [6.45, 7) is 11.0. The highest BCUT2D eigenvalue weighted by Crippen LogP contribution is 2.37. The molecule has 3 nitrogen and oxygen atoms in total. The van der Waals surface area contributed by atoms with Crippen molar-refractivity contribution in [2.75, 3.05) is 26.2 Å². The summed E-state index contributed by atoms with van der Waals surface area (Å²) in [6, 6.07) is 0. The average molecular weight is 240 g/mol. The van der Waals surface area contributed by atoms with Crippen LogP contribution in [0.5, 0.6) is 0 Å². The van der Waals surface area contributed by atoms with Crippen molar-refractivity contribution in [2.45, 2.75) is 58.1 Å². The van der Waals surface area contributed by atoms with Crippen LogP contribution in [0.1, 0.15) is 46.5 Å². The van der Waals surface area contributed by atoms with Crippen LogP contribution in [-0.2, 0) is 4.74 Å². The number of hydrogen-bond acceptors (Lipinski definition) is 3. The van der Waals surface area contributed by atoms with Gasteiger partial charge in [0, 0.05) is 18.7 Å². The first-order valence-corrected chi connectivity index (χ1v) is 7.04. The fraction of sp³-hybridized carbons (Fsp3) is 1.00. The molecule has 0 aromatic carbocycles. The smallest absolute Gasteiger partial charge is 0.0565 e. The third-order valence-corrected chi connectivity index (χ3v) is 4.80. The van der Waals surface area contributed by atoms with Crippen molar-refractivity contribution in [2.24, 2.45) is 11.1 Å². The molecule has 2 heterocycles. The van der Waals surface area contributed by atoms with Crippen molar-refractivity contribution in [3.05, 3.63) is 0 Å². The van der Waals surface area contributed by atoms with Gasteiger partial charge < -0.3 is 10.5 Å². The number of ether oxygens (including phenoxy) is 1. The predicted octanol–water partition coefficient (Wildman–Crippen LogP) is 2.00. The van der Waals surface area contributed by atoms with Gasteiger partial charge in [-0.25, -0.2) is 0 Å². The number of piperidine rings is 1. The molecule has 2 rings (SSSR count). The van der Waals surface area contributed by atoms with E-state index in [2.05, 4.69) is 25.7 Å². The number of hydrogen-bond donors (Lipinski definition) is 1. The maximum absolute atomic E-state index is 6.10. The Kier molecular flexibility index (Phi) is 3.81. The Labute approximate surface area is 106 Å². The molecular formula is C14H28N2O. The predicted molar refractivity (Wildman–Crippen MR) is 71.0 cm³/mol. The van der Waals surface area contributed by atoms with Gasteiger partial charge in [0.05, 0.1) is 6.10 Å². The van der Waals surface area contributed by atoms with Gasteiger partial charge >= 0.3 is 0 Å². The van der Waals surface area contributed by atoms with E-state index in [4.69, 9.17) is 10.5 Å². The molecule has 0 saturated carbocycles. The van der Waals surface area contributed by atoms with E-state index in [0.29, 0.717) is 11.5 Å². The van der Waals surface area contributed by atoms with Gasteiger partial charge in [-0.1, -0.05) is 13.8 Å². The standard InChI is InChI=1S/C14H28N2O/c1-12-10-14(11-15,6-9-17-12)16-7-4-13(2,3)5-8-16/h12H,4-11,15H2,1-3H3. The van der Waals surface area contributed by atoms with Crippen LogP contribution >= 0.6 is 0 Å². The molecule has 2 aliphatic heterocycles. The van der Waals surface area contributed by atoms with Gasteiger partial charge in [-0.05, 0) is 51.1 Å². The summed E-state index contributed by atoms with van der Waals surface area (Å²) >= 11 is 0. The molecule has 2 saturated heterocycles. The van der Waals surface area contributed by atoms with Crippen LogP contribution in [0.15, 0.2) is 0 Å². The molecule has 3 heteroatoms. The van der Waals surface area contributed by atoms with Crippen LogP contribution in [0.2, 0.25) is 0 Å². The maximum Gasteiger partial charge on any atom is 0.0565 e. The van der Waals surface area contributed by atoms with Crippen LogP contribution in [0.25, 0.3) is 0 Å². The van der Waals surface area contributed by atoms with E-state index in [-0.39, 0.29) is 5.54 Å². The minimum Gasteiger partial charge on any atom is -0.378 e. The topological polar surface area (TPSA) is 38.5 Å². The number of likely N-dealkylation sites (tertiary alicyclic amines) is 1. The van der Waals surface area contributed by atoms with Crippen molar-refractivity contribution >= 4 is 0 Å². The Hall–Kier alpha value is -0.120. The quantitative estimate of drug-likeness (QED) is 0.802. The van der Waals surface area contributed by atoms with Gasteiger partial charge in [-0.3, -0.25) is 4.90 Å². The molecule has 0 aromatic heterocycles. The van der Waals surface area contributed by atoms with Gasteiger partial charge in [-0.15, -0.1) is 0 Å². The van der Waals surface area contributed by atoms with Crippen LogP contribution < -0.4 is 5.73 Å². The molecular weight excluding hydrogens is 212 g/mol. The Bertz CT molecular complexity index is 257. The summed E-state index contributed by atoms with van der Waals surface area (Å²) in [7, 11) is 0. The largest absolute Gasteiger partial charge is 0.378 e. The second-order valence-electron chi connectivity index (χ2n) is 6.72. The monoisotopic (exact) mass is 240 g/mol. The average Bonchev–Trinajstić information content (AvgIpc) is 2.28. The zero-order chi connectivity index (χ0) is 12.5. The second-order valence-corrected chi connectivity index (χ2v) is 6.72. The fourth-order valence-corrected chi connectivity index (χ4v) is 3.33. The lowest BCUT2D eigenvalue weighted by molar-refractivity contribution is -0.0770. The van der Waals surface area contributed by atoms with E-state index in [9.17, 15) is 0 Å². The Morgan fingerprint density at radius 2 is 1.88 bits per heavy atom. The van der Waals surface area contributed by atoms with E-state index >= 15 is 0 Å². The maximum atomic E-state index is 6.10. The molecule has 0 aromatic rings. The molecule has 0 aliphatic carbocycles. The van der Waals surface area contributed by atoms with Crippen LogP contribution in [0.3, 0.4) is 0 Å². The normalized spacial score (nSPS) is 39.2. The summed E-state index contributed by atoms with van der Waals surface area (Å²) in [4.78, 5) is 2.65. The van der Waals surface area contributed by atoms with Crippen molar-refractivity contribution in [1.29, 1.82) is 0 Å². The van der Waals surface area contributed by atoms with Gasteiger partial charge in [0.2, 0.25) is 0 Å². The van der Waals surface area contributed by atoms with Gasteiger partial charge in [-0.2, -0.15) is 0 Å². The molecule has 0 radical (unpaired) electrons. The summed E-state index contributed by atoms with van der Waals surface area (Å²) in [5.41, 5.74) is 6.84. The van der Waals surface area contributed by atoms with Crippen molar-refractivity contribution in [3.8, 4) is 0 Å². The Morgan fingerprint density at radius 3 is 2.41 bits per heavy atom.